The molecule has 7 nitrogen and oxygen atoms in total. The maximum Gasteiger partial charge on any atom is 0.232 e. The zero-order valence-electron chi connectivity index (χ0n) is 16.8. The van der Waals surface area contributed by atoms with Gasteiger partial charge >= 0.3 is 0 Å². The molecule has 1 saturated heterocycles. The number of amides is 1. The van der Waals surface area contributed by atoms with Crippen LogP contribution in [0.2, 0.25) is 0 Å². The van der Waals surface area contributed by atoms with Crippen LogP contribution in [0, 0.1) is 6.92 Å². The number of aryl methyl sites for hydroxylation is 1. The first-order valence-corrected chi connectivity index (χ1v) is 11.9. The van der Waals surface area contributed by atoms with Crippen molar-refractivity contribution >= 4 is 21.7 Å². The molecule has 0 N–H and O–H groups in total. The number of rotatable bonds is 5. The second-order valence-corrected chi connectivity index (χ2v) is 9.75. The van der Waals surface area contributed by atoms with Gasteiger partial charge in [-0.1, -0.05) is 36.8 Å². The van der Waals surface area contributed by atoms with Crippen molar-refractivity contribution in [1.82, 2.24) is 14.3 Å². The van der Waals surface area contributed by atoms with E-state index in [0.29, 0.717) is 37.6 Å². The van der Waals surface area contributed by atoms with Gasteiger partial charge in [-0.15, -0.1) is 0 Å². The van der Waals surface area contributed by atoms with E-state index < -0.39 is 10.0 Å². The predicted octanol–water partition coefficient (Wildman–Crippen LogP) is 2.40. The number of benzene rings is 1. The van der Waals surface area contributed by atoms with E-state index in [1.807, 2.05) is 37.3 Å². The quantitative estimate of drug-likeness (QED) is 0.750. The molecule has 8 heteroatoms. The number of piperidine rings is 1. The molecule has 0 spiro atoms. The number of carbonyl (C=O) groups excluding carboxylic acids is 1. The second-order valence-electron chi connectivity index (χ2n) is 7.81. The molecule has 0 bridgehead atoms. The molecule has 0 aliphatic carbocycles. The maximum absolute atomic E-state index is 12.7. The van der Waals surface area contributed by atoms with Crippen molar-refractivity contribution in [2.75, 3.05) is 24.2 Å². The molecule has 1 fully saturated rings. The van der Waals surface area contributed by atoms with Crippen LogP contribution in [0.3, 0.4) is 0 Å². The highest BCUT2D eigenvalue weighted by molar-refractivity contribution is 7.88. The Kier molecular flexibility index (Phi) is 5.40. The minimum absolute atomic E-state index is 0.0223. The lowest BCUT2D eigenvalue weighted by atomic mass is 10.0. The van der Waals surface area contributed by atoms with Crippen LogP contribution in [0.25, 0.3) is 0 Å². The van der Waals surface area contributed by atoms with Gasteiger partial charge in [-0.2, -0.15) is 4.31 Å². The fourth-order valence-electron chi connectivity index (χ4n) is 4.22. The summed E-state index contributed by atoms with van der Waals surface area (Å²) in [5, 5.41) is 0. The van der Waals surface area contributed by atoms with E-state index in [1.165, 1.54) is 10.6 Å². The number of anilines is 1. The number of nitrogens with zero attached hydrogens (tertiary/aromatic N) is 4. The molecule has 2 aromatic rings. The Morgan fingerprint density at radius 1 is 1.14 bits per heavy atom. The number of aromatic nitrogens is 2. The summed E-state index contributed by atoms with van der Waals surface area (Å²) in [6, 6.07) is 9.67. The number of hydrogen-bond donors (Lipinski definition) is 0. The number of fused-ring (bicyclic) bond motifs is 1. The van der Waals surface area contributed by atoms with Crippen molar-refractivity contribution in [3.8, 4) is 0 Å². The van der Waals surface area contributed by atoms with Crippen molar-refractivity contribution in [3.05, 3.63) is 53.0 Å². The van der Waals surface area contributed by atoms with Gasteiger partial charge in [0, 0.05) is 24.3 Å². The zero-order valence-corrected chi connectivity index (χ0v) is 17.7. The van der Waals surface area contributed by atoms with E-state index in [-0.39, 0.29) is 11.9 Å². The average Bonchev–Trinajstić information content (AvgIpc) is 3.02. The summed E-state index contributed by atoms with van der Waals surface area (Å²) in [7, 11) is -3.35. The molecule has 29 heavy (non-hydrogen) atoms. The molecule has 1 unspecified atom stereocenters. The Morgan fingerprint density at radius 2 is 1.90 bits per heavy atom. The molecule has 2 aliphatic heterocycles. The van der Waals surface area contributed by atoms with Crippen LogP contribution >= 0.6 is 0 Å². The Bertz CT molecular complexity index is 1020. The van der Waals surface area contributed by atoms with E-state index in [1.54, 1.807) is 4.90 Å². The molecule has 1 amide bonds. The summed E-state index contributed by atoms with van der Waals surface area (Å²) in [6.07, 6.45) is 4.76. The van der Waals surface area contributed by atoms with Gasteiger partial charge in [-0.05, 0) is 31.7 Å². The molecule has 1 aromatic heterocycles. The van der Waals surface area contributed by atoms with Gasteiger partial charge in [-0.3, -0.25) is 9.69 Å². The standard InChI is InChI=1S/C21H26N4O3S/c1-15-17-14-19(26)24(13-11-16-8-4-3-5-9-16)21(17)23-20(22-15)18-10-6-7-12-25(18)29(2,27)28/h3-5,8-9,18H,6-7,10-14H2,1-2H3. The molecule has 154 valence electrons. The summed E-state index contributed by atoms with van der Waals surface area (Å²) in [5.74, 6) is 1.17. The van der Waals surface area contributed by atoms with Crippen molar-refractivity contribution in [1.29, 1.82) is 0 Å². The highest BCUT2D eigenvalue weighted by Gasteiger charge is 2.36. The average molecular weight is 415 g/mol. The lowest BCUT2D eigenvalue weighted by molar-refractivity contribution is -0.117. The van der Waals surface area contributed by atoms with E-state index in [9.17, 15) is 13.2 Å². The normalized spacial score (nSPS) is 20.1. The molecule has 0 radical (unpaired) electrons. The molecule has 4 rings (SSSR count). The van der Waals surface area contributed by atoms with E-state index >= 15 is 0 Å². The van der Waals surface area contributed by atoms with Gasteiger partial charge in [0.25, 0.3) is 0 Å². The Morgan fingerprint density at radius 3 is 2.62 bits per heavy atom. The Balaban J connectivity index is 1.65. The third-order valence-electron chi connectivity index (χ3n) is 5.74. The minimum Gasteiger partial charge on any atom is -0.296 e. The number of hydrogen-bond acceptors (Lipinski definition) is 5. The van der Waals surface area contributed by atoms with Crippen molar-refractivity contribution in [3.63, 3.8) is 0 Å². The molecule has 2 aliphatic rings. The van der Waals surface area contributed by atoms with Crippen LogP contribution in [0.4, 0.5) is 5.82 Å². The number of carbonyl (C=O) groups is 1. The fourth-order valence-corrected chi connectivity index (χ4v) is 5.35. The second kappa shape index (κ2) is 7.84. The van der Waals surface area contributed by atoms with Gasteiger partial charge in [0.2, 0.25) is 15.9 Å². The fraction of sp³-hybridized carbons (Fsp3) is 0.476. The minimum atomic E-state index is -3.35. The van der Waals surface area contributed by atoms with Crippen molar-refractivity contribution in [2.45, 2.75) is 45.1 Å². The molecule has 1 aromatic carbocycles. The van der Waals surface area contributed by atoms with E-state index in [0.717, 1.165) is 36.1 Å². The van der Waals surface area contributed by atoms with Crippen LogP contribution in [0.5, 0.6) is 0 Å². The first kappa shape index (κ1) is 20.0. The van der Waals surface area contributed by atoms with E-state index in [4.69, 9.17) is 4.98 Å². The van der Waals surface area contributed by atoms with Crippen LogP contribution < -0.4 is 4.90 Å². The molecular weight excluding hydrogens is 388 g/mol. The maximum atomic E-state index is 12.7. The van der Waals surface area contributed by atoms with Gasteiger partial charge < -0.3 is 0 Å². The molecule has 3 heterocycles. The van der Waals surface area contributed by atoms with Crippen LogP contribution in [0.1, 0.15) is 47.9 Å². The third-order valence-corrected chi connectivity index (χ3v) is 7.03. The molecule has 0 saturated carbocycles. The summed E-state index contributed by atoms with van der Waals surface area (Å²) < 4.78 is 26.0. The predicted molar refractivity (Wildman–Crippen MR) is 111 cm³/mol. The smallest absolute Gasteiger partial charge is 0.232 e. The summed E-state index contributed by atoms with van der Waals surface area (Å²) >= 11 is 0. The zero-order chi connectivity index (χ0) is 20.6. The van der Waals surface area contributed by atoms with Crippen molar-refractivity contribution < 1.29 is 13.2 Å². The highest BCUT2D eigenvalue weighted by atomic mass is 32.2. The first-order chi connectivity index (χ1) is 13.8. The number of sulfonamides is 1. The molecular formula is C21H26N4O3S. The summed E-state index contributed by atoms with van der Waals surface area (Å²) in [4.78, 5) is 23.8. The van der Waals surface area contributed by atoms with Gasteiger partial charge in [0.15, 0.2) is 0 Å². The van der Waals surface area contributed by atoms with Crippen LogP contribution in [0.15, 0.2) is 30.3 Å². The topological polar surface area (TPSA) is 83.5 Å². The van der Waals surface area contributed by atoms with Crippen LogP contribution in [-0.4, -0.2) is 47.9 Å². The summed E-state index contributed by atoms with van der Waals surface area (Å²) in [6.45, 7) is 2.91. The lowest BCUT2D eigenvalue weighted by Crippen LogP contribution is -2.39. The summed E-state index contributed by atoms with van der Waals surface area (Å²) in [5.41, 5.74) is 2.78. The first-order valence-electron chi connectivity index (χ1n) is 10.0. The monoisotopic (exact) mass is 414 g/mol. The SMILES string of the molecule is Cc1nc(C2CCCCN2S(C)(=O)=O)nc2c1CC(=O)N2CCc1ccccc1. The largest absolute Gasteiger partial charge is 0.296 e. The third kappa shape index (κ3) is 4.04. The van der Waals surface area contributed by atoms with E-state index in [2.05, 4.69) is 4.98 Å². The Labute approximate surface area is 171 Å². The lowest BCUT2D eigenvalue weighted by Gasteiger charge is -2.33. The van der Waals surface area contributed by atoms with Gasteiger partial charge in [-0.25, -0.2) is 18.4 Å². The molecule has 1 atom stereocenters. The van der Waals surface area contributed by atoms with Crippen LogP contribution in [-0.2, 0) is 27.7 Å². The van der Waals surface area contributed by atoms with Gasteiger partial charge in [0.1, 0.15) is 11.6 Å². The highest BCUT2D eigenvalue weighted by Crippen LogP contribution is 2.35. The Hall–Kier alpha value is -2.32. The van der Waals surface area contributed by atoms with Crippen molar-refractivity contribution in [2.24, 2.45) is 0 Å². The van der Waals surface area contributed by atoms with Gasteiger partial charge in [0.05, 0.1) is 18.7 Å².